The van der Waals surface area contributed by atoms with Crippen molar-refractivity contribution >= 4 is 5.78 Å². The number of allylic oxidation sites excluding steroid dienone is 2. The zero-order valence-corrected chi connectivity index (χ0v) is 19.7. The molecule has 0 unspecified atom stereocenters. The standard InChI is InChI=1S/C6H14.C5H8O.C5H12.C3H8.2C2H6/c1-3-5-6-4-2;1-3-4-5(2)6;1-3-5-4-2;1-3-2;2*1-2/h3-6H2,1-2H3;3-4H,1-2H3;3-5H2,1-2H3;3H2,1-2H3;2*1-2H3/b;4-3+;;;;. The van der Waals surface area contributed by atoms with Gasteiger partial charge in [-0.05, 0) is 19.9 Å². The van der Waals surface area contributed by atoms with E-state index in [0.29, 0.717) is 0 Å². The van der Waals surface area contributed by atoms with Crippen molar-refractivity contribution in [3.8, 4) is 0 Å². The lowest BCUT2D eigenvalue weighted by Crippen LogP contribution is -1.76. The van der Waals surface area contributed by atoms with Crippen LogP contribution >= 0.6 is 0 Å². The molecule has 0 aliphatic carbocycles. The van der Waals surface area contributed by atoms with Gasteiger partial charge >= 0.3 is 0 Å². The minimum absolute atomic E-state index is 0.109. The SMILES string of the molecule is C/C=C/C(C)=O.CC.CC.CCC.CCCCC.CCCCCC. The Balaban J connectivity index is -0.0000000429. The first-order valence-corrected chi connectivity index (χ1v) is 10.6. The summed E-state index contributed by atoms with van der Waals surface area (Å²) < 4.78 is 0. The third-order valence-electron chi connectivity index (χ3n) is 2.07. The van der Waals surface area contributed by atoms with Gasteiger partial charge in [-0.2, -0.15) is 0 Å². The van der Waals surface area contributed by atoms with Crippen LogP contribution in [0.1, 0.15) is 134 Å². The van der Waals surface area contributed by atoms with Crippen LogP contribution in [0.15, 0.2) is 12.2 Å². The van der Waals surface area contributed by atoms with Gasteiger partial charge in [0.25, 0.3) is 0 Å². The lowest BCUT2D eigenvalue weighted by molar-refractivity contribution is -0.112. The highest BCUT2D eigenvalue weighted by Gasteiger charge is 1.75. The summed E-state index contributed by atoms with van der Waals surface area (Å²) in [5, 5.41) is 0. The largest absolute Gasteiger partial charge is 0.295 e. The minimum Gasteiger partial charge on any atom is -0.295 e. The summed E-state index contributed by atoms with van der Waals surface area (Å²) in [5.41, 5.74) is 0. The highest BCUT2D eigenvalue weighted by Crippen LogP contribution is 1.95. The van der Waals surface area contributed by atoms with E-state index in [1.807, 2.05) is 34.6 Å². The van der Waals surface area contributed by atoms with Crippen LogP contribution in [0, 0.1) is 0 Å². The Morgan fingerprint density at radius 3 is 0.958 bits per heavy atom. The van der Waals surface area contributed by atoms with Crippen molar-refractivity contribution in [2.24, 2.45) is 0 Å². The summed E-state index contributed by atoms with van der Waals surface area (Å²) in [6.45, 7) is 24.5. The summed E-state index contributed by atoms with van der Waals surface area (Å²) in [4.78, 5) is 9.96. The lowest BCUT2D eigenvalue weighted by Gasteiger charge is -1.86. The van der Waals surface area contributed by atoms with Gasteiger partial charge in [0.05, 0.1) is 0 Å². The zero-order valence-electron chi connectivity index (χ0n) is 19.7. The molecule has 0 radical (unpaired) electrons. The fourth-order valence-electron chi connectivity index (χ4n) is 1.09. The van der Waals surface area contributed by atoms with Crippen molar-refractivity contribution in [2.75, 3.05) is 0 Å². The molecule has 0 bridgehead atoms. The maximum atomic E-state index is 9.96. The Morgan fingerprint density at radius 2 is 0.917 bits per heavy atom. The first kappa shape index (κ1) is 38.8. The average Bonchev–Trinajstić information content (AvgIpc) is 2.59. The van der Waals surface area contributed by atoms with Crippen LogP contribution in [0.2, 0.25) is 0 Å². The fourth-order valence-corrected chi connectivity index (χ4v) is 1.09. The van der Waals surface area contributed by atoms with Crippen LogP contribution in [0.5, 0.6) is 0 Å². The Hall–Kier alpha value is -0.590. The molecule has 0 atom stereocenters. The van der Waals surface area contributed by atoms with Crippen LogP contribution < -0.4 is 0 Å². The van der Waals surface area contributed by atoms with Crippen molar-refractivity contribution in [3.05, 3.63) is 12.2 Å². The summed E-state index contributed by atoms with van der Waals surface area (Å²) in [7, 11) is 0. The van der Waals surface area contributed by atoms with Crippen LogP contribution in [0.4, 0.5) is 0 Å². The molecule has 0 saturated heterocycles. The second-order valence-corrected chi connectivity index (χ2v) is 4.88. The van der Waals surface area contributed by atoms with Crippen LogP contribution in [0.3, 0.4) is 0 Å². The van der Waals surface area contributed by atoms with Gasteiger partial charge in [-0.25, -0.2) is 0 Å². The van der Waals surface area contributed by atoms with Crippen molar-refractivity contribution in [3.63, 3.8) is 0 Å². The van der Waals surface area contributed by atoms with Gasteiger partial charge in [0, 0.05) is 0 Å². The van der Waals surface area contributed by atoms with Gasteiger partial charge in [0.1, 0.15) is 0 Å². The highest BCUT2D eigenvalue weighted by atomic mass is 16.1. The zero-order chi connectivity index (χ0) is 20.6. The minimum atomic E-state index is 0.109. The van der Waals surface area contributed by atoms with Gasteiger partial charge < -0.3 is 0 Å². The molecule has 0 rings (SSSR count). The Kier molecular flexibility index (Phi) is 108. The maximum Gasteiger partial charge on any atom is 0.152 e. The molecule has 1 heteroatoms. The van der Waals surface area contributed by atoms with Crippen molar-refractivity contribution in [1.82, 2.24) is 0 Å². The molecule has 0 N–H and O–H groups in total. The van der Waals surface area contributed by atoms with Crippen molar-refractivity contribution in [1.29, 1.82) is 0 Å². The van der Waals surface area contributed by atoms with Gasteiger partial charge in [-0.15, -0.1) is 0 Å². The Morgan fingerprint density at radius 1 is 0.667 bits per heavy atom. The van der Waals surface area contributed by atoms with E-state index >= 15 is 0 Å². The van der Waals surface area contributed by atoms with E-state index in [1.165, 1.54) is 64.4 Å². The predicted molar refractivity (Wildman–Crippen MR) is 119 cm³/mol. The third kappa shape index (κ3) is 162. The van der Waals surface area contributed by atoms with Gasteiger partial charge in [-0.1, -0.05) is 127 Å². The number of rotatable bonds is 6. The average molecular weight is 347 g/mol. The fraction of sp³-hybridized carbons (Fsp3) is 0.870. The Bertz CT molecular complexity index is 153. The first-order valence-electron chi connectivity index (χ1n) is 10.6. The number of ketones is 1. The predicted octanol–water partition coefficient (Wildman–Crippen LogP) is 9.40. The van der Waals surface area contributed by atoms with Crippen LogP contribution in [-0.2, 0) is 4.79 Å². The quantitative estimate of drug-likeness (QED) is 0.345. The number of hydrogen-bond acceptors (Lipinski definition) is 1. The summed E-state index contributed by atoms with van der Waals surface area (Å²) in [6, 6.07) is 0. The molecule has 0 amide bonds. The molecule has 0 aromatic carbocycles. The number of hydrogen-bond donors (Lipinski definition) is 0. The summed E-state index contributed by atoms with van der Waals surface area (Å²) in [6.07, 6.45) is 14.1. The normalized spacial score (nSPS) is 7.67. The highest BCUT2D eigenvalue weighted by molar-refractivity contribution is 5.87. The summed E-state index contributed by atoms with van der Waals surface area (Å²) in [5.74, 6) is 0.109. The first-order chi connectivity index (χ1) is 11.5. The molecule has 0 saturated carbocycles. The monoisotopic (exact) mass is 346 g/mol. The smallest absolute Gasteiger partial charge is 0.152 e. The molecule has 0 heterocycles. The van der Waals surface area contributed by atoms with Crippen LogP contribution in [0.25, 0.3) is 0 Å². The Labute approximate surface area is 157 Å². The second kappa shape index (κ2) is 66.7. The molecular formula is C23H54O. The molecule has 0 spiro atoms. The van der Waals surface area contributed by atoms with E-state index in [1.54, 1.807) is 6.08 Å². The number of carbonyl (C=O) groups excluding carboxylic acids is 1. The molecule has 0 aliphatic rings. The number of carbonyl (C=O) groups is 1. The molecular weight excluding hydrogens is 292 g/mol. The van der Waals surface area contributed by atoms with Gasteiger partial charge in [0.2, 0.25) is 0 Å². The molecule has 152 valence electrons. The second-order valence-electron chi connectivity index (χ2n) is 4.88. The van der Waals surface area contributed by atoms with E-state index in [0.717, 1.165) is 0 Å². The molecule has 0 aliphatic heterocycles. The van der Waals surface area contributed by atoms with E-state index in [2.05, 4.69) is 41.5 Å². The lowest BCUT2D eigenvalue weighted by atomic mass is 10.2. The number of unbranched alkanes of at least 4 members (excludes halogenated alkanes) is 5. The molecule has 0 aromatic heterocycles. The third-order valence-corrected chi connectivity index (χ3v) is 2.07. The summed E-state index contributed by atoms with van der Waals surface area (Å²) >= 11 is 0. The topological polar surface area (TPSA) is 17.1 Å². The molecule has 1 nitrogen and oxygen atoms in total. The van der Waals surface area contributed by atoms with Crippen LogP contribution in [-0.4, -0.2) is 5.78 Å². The molecule has 0 fully saturated rings. The van der Waals surface area contributed by atoms with E-state index in [4.69, 9.17) is 0 Å². The van der Waals surface area contributed by atoms with E-state index in [-0.39, 0.29) is 5.78 Å². The molecule has 0 aromatic rings. The maximum absolute atomic E-state index is 9.96. The van der Waals surface area contributed by atoms with Gasteiger partial charge in [-0.3, -0.25) is 4.79 Å². The van der Waals surface area contributed by atoms with Crippen molar-refractivity contribution < 1.29 is 4.79 Å². The van der Waals surface area contributed by atoms with E-state index < -0.39 is 0 Å². The molecule has 24 heavy (non-hydrogen) atoms. The van der Waals surface area contributed by atoms with Gasteiger partial charge in [0.15, 0.2) is 5.78 Å². The van der Waals surface area contributed by atoms with Crippen molar-refractivity contribution in [2.45, 2.75) is 134 Å². The van der Waals surface area contributed by atoms with E-state index in [9.17, 15) is 4.79 Å².